The summed E-state index contributed by atoms with van der Waals surface area (Å²) in [6.07, 6.45) is 6.70. The molecular weight excluding hydrogens is 396 g/mol. The summed E-state index contributed by atoms with van der Waals surface area (Å²) in [5, 5.41) is 0. The Morgan fingerprint density at radius 1 is 1.13 bits per heavy atom. The first-order chi connectivity index (χ1) is 15.1. The number of amides is 1. The molecule has 0 radical (unpaired) electrons. The van der Waals surface area contributed by atoms with Crippen molar-refractivity contribution in [2.45, 2.75) is 69.7 Å². The van der Waals surface area contributed by atoms with E-state index in [-0.39, 0.29) is 24.0 Å². The number of carbonyl (C=O) groups excluding carboxylic acids is 2. The van der Waals surface area contributed by atoms with Crippen molar-refractivity contribution in [1.82, 2.24) is 4.90 Å². The van der Waals surface area contributed by atoms with E-state index in [1.165, 1.54) is 13.5 Å². The number of hydrogen-bond acceptors (Lipinski definition) is 5. The van der Waals surface area contributed by atoms with E-state index in [4.69, 9.17) is 14.2 Å². The molecule has 1 aliphatic heterocycles. The molecule has 3 atom stereocenters. The Labute approximate surface area is 185 Å². The lowest BCUT2D eigenvalue weighted by Crippen LogP contribution is -2.71. The van der Waals surface area contributed by atoms with Crippen LogP contribution in [-0.4, -0.2) is 61.8 Å². The monoisotopic (exact) mass is 433 g/mol. The number of nitrogens with zero attached hydrogens (tertiary/aromatic N) is 1. The van der Waals surface area contributed by atoms with Gasteiger partial charge in [0.05, 0.1) is 19.8 Å². The number of ether oxygens (including phenoxy) is 3. The molecule has 1 saturated heterocycles. The average molecular weight is 434 g/mol. The molecule has 3 rings (SSSR count). The predicted octanol–water partition coefficient (Wildman–Crippen LogP) is 1.94. The van der Waals surface area contributed by atoms with Crippen LogP contribution >= 0.6 is 0 Å². The molecule has 2 fully saturated rings. The van der Waals surface area contributed by atoms with Gasteiger partial charge in [-0.3, -0.25) is 4.79 Å². The molecule has 172 valence electrons. The van der Waals surface area contributed by atoms with Gasteiger partial charge in [0, 0.05) is 32.1 Å². The fourth-order valence-corrected chi connectivity index (χ4v) is 4.65. The summed E-state index contributed by atoms with van der Waals surface area (Å²) in [5.41, 5.74) is 5.32. The third-order valence-electron chi connectivity index (χ3n) is 6.45. The van der Waals surface area contributed by atoms with Gasteiger partial charge < -0.3 is 24.8 Å². The maximum absolute atomic E-state index is 13.2. The zero-order chi connectivity index (χ0) is 22.1. The first-order valence-electron chi connectivity index (χ1n) is 11.5. The Morgan fingerprint density at radius 3 is 2.58 bits per heavy atom. The number of methoxy groups -OCH3 is 1. The van der Waals surface area contributed by atoms with Gasteiger partial charge in [-0.25, -0.2) is 4.79 Å². The van der Waals surface area contributed by atoms with E-state index in [9.17, 15) is 9.59 Å². The number of benzene rings is 1. The summed E-state index contributed by atoms with van der Waals surface area (Å²) in [6, 6.07) is 9.17. The number of esters is 1. The summed E-state index contributed by atoms with van der Waals surface area (Å²) >= 11 is 0. The summed E-state index contributed by atoms with van der Waals surface area (Å²) in [7, 11) is 1.37. The second-order valence-electron chi connectivity index (χ2n) is 8.65. The number of likely N-dealkylation sites (tertiary alicyclic amines) is 1. The van der Waals surface area contributed by atoms with Gasteiger partial charge in [0.1, 0.15) is 6.04 Å². The van der Waals surface area contributed by atoms with Crippen molar-refractivity contribution in [1.29, 1.82) is 0 Å². The predicted molar refractivity (Wildman–Crippen MR) is 116 cm³/mol. The largest absolute Gasteiger partial charge is 0.467 e. The van der Waals surface area contributed by atoms with E-state index in [1.54, 1.807) is 4.90 Å². The van der Waals surface area contributed by atoms with Crippen LogP contribution in [0.5, 0.6) is 0 Å². The second-order valence-corrected chi connectivity index (χ2v) is 8.65. The molecule has 1 heterocycles. The van der Waals surface area contributed by atoms with Crippen LogP contribution in [0.1, 0.15) is 50.5 Å². The van der Waals surface area contributed by atoms with Crippen LogP contribution in [0.3, 0.4) is 0 Å². The third-order valence-corrected chi connectivity index (χ3v) is 6.45. The zero-order valence-corrected chi connectivity index (χ0v) is 18.7. The first-order valence-corrected chi connectivity index (χ1v) is 11.5. The Kier molecular flexibility index (Phi) is 9.31. The zero-order valence-electron chi connectivity index (χ0n) is 18.7. The van der Waals surface area contributed by atoms with Gasteiger partial charge in [-0.1, -0.05) is 49.6 Å². The summed E-state index contributed by atoms with van der Waals surface area (Å²) < 4.78 is 16.6. The quantitative estimate of drug-likeness (QED) is 0.450. The maximum Gasteiger partial charge on any atom is 0.328 e. The minimum absolute atomic E-state index is 0.0420. The number of quaternary nitrogens is 1. The molecule has 0 spiro atoms. The molecule has 7 heteroatoms. The number of hydrogen-bond donors (Lipinski definition) is 1. The van der Waals surface area contributed by atoms with Crippen LogP contribution in [0, 0.1) is 5.92 Å². The standard InChI is InChI=1S/C24H36N2O5/c1-29-24(28)21-15-20(31-14-8-13-30-17-18-9-4-2-5-10-18)16-26(21)23(27)22(25)19-11-6-3-7-12-19/h2,4-5,9-10,19-22H,3,6-8,11-17,25H2,1H3/p+1/t20-,21?,22+/m1/s1. The average Bonchev–Trinajstić information content (AvgIpc) is 3.25. The number of rotatable bonds is 10. The highest BCUT2D eigenvalue weighted by Gasteiger charge is 2.44. The van der Waals surface area contributed by atoms with Gasteiger partial charge in [-0.15, -0.1) is 0 Å². The van der Waals surface area contributed by atoms with Crippen molar-refractivity contribution in [2.75, 3.05) is 26.9 Å². The Hall–Kier alpha value is -1.96. The lowest BCUT2D eigenvalue weighted by atomic mass is 9.83. The number of carbonyl (C=O) groups is 2. The summed E-state index contributed by atoms with van der Waals surface area (Å²) in [5.74, 6) is -0.109. The Bertz CT molecular complexity index is 692. The SMILES string of the molecule is COC(=O)C1C[C@@H](OCCCOCc2ccccc2)CN1C(=O)[C@@H]([NH3+])C1CCCCC1. The van der Waals surface area contributed by atoms with Crippen LogP contribution in [0.2, 0.25) is 0 Å². The van der Waals surface area contributed by atoms with Gasteiger partial charge in [-0.05, 0) is 24.8 Å². The van der Waals surface area contributed by atoms with E-state index >= 15 is 0 Å². The van der Waals surface area contributed by atoms with Crippen molar-refractivity contribution in [3.63, 3.8) is 0 Å². The molecule has 2 aliphatic rings. The normalized spacial score (nSPS) is 23.0. The highest BCUT2D eigenvalue weighted by atomic mass is 16.5. The molecule has 1 aromatic carbocycles. The van der Waals surface area contributed by atoms with Gasteiger partial charge in [0.15, 0.2) is 6.04 Å². The van der Waals surface area contributed by atoms with Gasteiger partial charge >= 0.3 is 5.97 Å². The van der Waals surface area contributed by atoms with Crippen molar-refractivity contribution in [2.24, 2.45) is 5.92 Å². The molecule has 3 N–H and O–H groups in total. The lowest BCUT2D eigenvalue weighted by Gasteiger charge is -2.29. The molecule has 1 unspecified atom stereocenters. The van der Waals surface area contributed by atoms with E-state index in [2.05, 4.69) is 5.73 Å². The Balaban J connectivity index is 1.44. The van der Waals surface area contributed by atoms with E-state index < -0.39 is 6.04 Å². The highest BCUT2D eigenvalue weighted by Crippen LogP contribution is 2.28. The topological polar surface area (TPSA) is 92.7 Å². The first kappa shape index (κ1) is 23.7. The summed E-state index contributed by atoms with van der Waals surface area (Å²) in [4.78, 5) is 27.1. The second kappa shape index (κ2) is 12.2. The molecule has 0 bridgehead atoms. The minimum atomic E-state index is -0.579. The Morgan fingerprint density at radius 2 is 1.87 bits per heavy atom. The van der Waals surface area contributed by atoms with Gasteiger partial charge in [0.25, 0.3) is 5.91 Å². The molecular formula is C24H37N2O5+. The van der Waals surface area contributed by atoms with Crippen molar-refractivity contribution in [3.8, 4) is 0 Å². The summed E-state index contributed by atoms with van der Waals surface area (Å²) in [6.45, 7) is 2.14. The molecule has 1 amide bonds. The minimum Gasteiger partial charge on any atom is -0.467 e. The maximum atomic E-state index is 13.2. The van der Waals surface area contributed by atoms with Crippen molar-refractivity contribution >= 4 is 11.9 Å². The van der Waals surface area contributed by atoms with E-state index in [0.717, 1.165) is 37.7 Å². The van der Waals surface area contributed by atoms with Crippen LogP contribution in [0.25, 0.3) is 0 Å². The van der Waals surface area contributed by atoms with E-state index in [1.807, 2.05) is 30.3 Å². The third kappa shape index (κ3) is 6.76. The molecule has 0 aromatic heterocycles. The highest BCUT2D eigenvalue weighted by molar-refractivity contribution is 5.87. The fourth-order valence-electron chi connectivity index (χ4n) is 4.65. The van der Waals surface area contributed by atoms with E-state index in [0.29, 0.717) is 38.7 Å². The van der Waals surface area contributed by atoms with Crippen LogP contribution in [0.4, 0.5) is 0 Å². The van der Waals surface area contributed by atoms with Crippen molar-refractivity contribution < 1.29 is 29.5 Å². The molecule has 1 aliphatic carbocycles. The molecule has 1 aromatic rings. The van der Waals surface area contributed by atoms with Crippen LogP contribution in [0.15, 0.2) is 30.3 Å². The van der Waals surface area contributed by atoms with Crippen molar-refractivity contribution in [3.05, 3.63) is 35.9 Å². The van der Waals surface area contributed by atoms with Gasteiger partial charge in [-0.2, -0.15) is 0 Å². The molecule has 7 nitrogen and oxygen atoms in total. The smallest absolute Gasteiger partial charge is 0.328 e. The molecule has 31 heavy (non-hydrogen) atoms. The fraction of sp³-hybridized carbons (Fsp3) is 0.667. The van der Waals surface area contributed by atoms with Crippen LogP contribution < -0.4 is 5.73 Å². The van der Waals surface area contributed by atoms with Gasteiger partial charge in [0.2, 0.25) is 0 Å². The lowest BCUT2D eigenvalue weighted by molar-refractivity contribution is -0.420. The van der Waals surface area contributed by atoms with Crippen LogP contribution in [-0.2, 0) is 30.4 Å². The molecule has 1 saturated carbocycles.